The molecule has 1 aliphatic rings. The molecule has 0 N–H and O–H groups in total. The molecule has 0 radical (unpaired) electrons. The monoisotopic (exact) mass is 436 g/mol. The number of amides is 1. The first-order valence-corrected chi connectivity index (χ1v) is 11.5. The van der Waals surface area contributed by atoms with E-state index in [-0.39, 0.29) is 17.4 Å². The second-order valence-corrected chi connectivity index (χ2v) is 9.32. The number of aryl methyl sites for hydroxylation is 1. The molecular formula is C24H24N2O4S. The van der Waals surface area contributed by atoms with Gasteiger partial charge >= 0.3 is 0 Å². The molecule has 31 heavy (non-hydrogen) atoms. The van der Waals surface area contributed by atoms with Crippen molar-refractivity contribution in [3.8, 4) is 5.75 Å². The Morgan fingerprint density at radius 3 is 2.48 bits per heavy atom. The molecule has 0 fully saturated rings. The average Bonchev–Trinajstić information content (AvgIpc) is 3.23. The fourth-order valence-electron chi connectivity index (χ4n) is 3.66. The number of hydrogen-bond acceptors (Lipinski definition) is 4. The first-order chi connectivity index (χ1) is 14.9. The third-order valence-corrected chi connectivity index (χ3v) is 7.26. The zero-order valence-corrected chi connectivity index (χ0v) is 18.3. The zero-order chi connectivity index (χ0) is 22.0. The molecule has 4 rings (SSSR count). The molecule has 0 unspecified atom stereocenters. The molecular weight excluding hydrogens is 412 g/mol. The Morgan fingerprint density at radius 2 is 1.74 bits per heavy atom. The highest BCUT2D eigenvalue weighted by molar-refractivity contribution is 7.92. The number of fused-ring (bicyclic) bond motifs is 1. The van der Waals surface area contributed by atoms with Crippen LogP contribution in [0, 0.1) is 6.92 Å². The summed E-state index contributed by atoms with van der Waals surface area (Å²) in [7, 11) is -1.98. The van der Waals surface area contributed by atoms with Gasteiger partial charge in [-0.2, -0.15) is 0 Å². The van der Waals surface area contributed by atoms with Crippen LogP contribution in [-0.2, 0) is 21.2 Å². The van der Waals surface area contributed by atoms with Gasteiger partial charge in [-0.15, -0.1) is 0 Å². The number of para-hydroxylation sites is 2. The SMILES string of the molecule is Cc1cc(S(=O)(=O)N2CCc3ccccc32)ccc1OCC(=O)N(C)c1ccccc1. The highest BCUT2D eigenvalue weighted by atomic mass is 32.2. The van der Waals surface area contributed by atoms with Crippen molar-refractivity contribution < 1.29 is 17.9 Å². The molecule has 7 heteroatoms. The van der Waals surface area contributed by atoms with E-state index in [9.17, 15) is 13.2 Å². The highest BCUT2D eigenvalue weighted by Gasteiger charge is 2.30. The maximum absolute atomic E-state index is 13.2. The van der Waals surface area contributed by atoms with E-state index in [0.717, 1.165) is 16.9 Å². The number of likely N-dealkylation sites (N-methyl/N-ethyl adjacent to an activating group) is 1. The highest BCUT2D eigenvalue weighted by Crippen LogP contribution is 2.33. The van der Waals surface area contributed by atoms with Crippen molar-refractivity contribution in [3.05, 3.63) is 83.9 Å². The summed E-state index contributed by atoms with van der Waals surface area (Å²) in [4.78, 5) is 14.2. The van der Waals surface area contributed by atoms with Crippen LogP contribution in [-0.4, -0.2) is 34.5 Å². The predicted molar refractivity (Wildman–Crippen MR) is 121 cm³/mol. The van der Waals surface area contributed by atoms with Gasteiger partial charge in [0.25, 0.3) is 15.9 Å². The Kier molecular flexibility index (Phi) is 5.69. The number of nitrogens with zero attached hydrogens (tertiary/aromatic N) is 2. The Labute approximate surface area is 182 Å². The molecule has 1 amide bonds. The standard InChI is InChI=1S/C24H24N2O4S/c1-18-16-21(31(28,29)26-15-14-19-8-6-7-11-22(19)26)12-13-23(18)30-17-24(27)25(2)20-9-4-3-5-10-20/h3-13,16H,14-15,17H2,1-2H3. The molecule has 3 aromatic rings. The Morgan fingerprint density at radius 1 is 1.03 bits per heavy atom. The van der Waals surface area contributed by atoms with Crippen molar-refractivity contribution in [2.24, 2.45) is 0 Å². The Bertz CT molecular complexity index is 1210. The molecule has 0 aromatic heterocycles. The first-order valence-electron chi connectivity index (χ1n) is 10.0. The van der Waals surface area contributed by atoms with Crippen LogP contribution in [0.3, 0.4) is 0 Å². The molecule has 1 aliphatic heterocycles. The zero-order valence-electron chi connectivity index (χ0n) is 17.5. The molecule has 0 aliphatic carbocycles. The van der Waals surface area contributed by atoms with Crippen molar-refractivity contribution in [1.29, 1.82) is 0 Å². The van der Waals surface area contributed by atoms with Gasteiger partial charge < -0.3 is 9.64 Å². The van der Waals surface area contributed by atoms with Gasteiger partial charge in [0, 0.05) is 19.3 Å². The van der Waals surface area contributed by atoms with Gasteiger partial charge in [0.15, 0.2) is 6.61 Å². The molecule has 0 saturated carbocycles. The lowest BCUT2D eigenvalue weighted by Gasteiger charge is -2.21. The topological polar surface area (TPSA) is 66.9 Å². The van der Waals surface area contributed by atoms with Gasteiger partial charge in [-0.25, -0.2) is 8.42 Å². The number of ether oxygens (including phenoxy) is 1. The predicted octanol–water partition coefficient (Wildman–Crippen LogP) is 3.79. The maximum atomic E-state index is 13.2. The van der Waals surface area contributed by atoms with E-state index < -0.39 is 10.0 Å². The third-order valence-electron chi connectivity index (χ3n) is 5.45. The van der Waals surface area contributed by atoms with Gasteiger partial charge in [0.1, 0.15) is 5.75 Å². The quantitative estimate of drug-likeness (QED) is 0.590. The van der Waals surface area contributed by atoms with E-state index in [1.165, 1.54) is 15.3 Å². The summed E-state index contributed by atoms with van der Waals surface area (Å²) >= 11 is 0. The van der Waals surface area contributed by atoms with Crippen LogP contribution >= 0.6 is 0 Å². The molecule has 0 atom stereocenters. The second-order valence-electron chi connectivity index (χ2n) is 7.46. The molecule has 0 bridgehead atoms. The largest absolute Gasteiger partial charge is 0.483 e. The minimum atomic E-state index is -3.67. The van der Waals surface area contributed by atoms with Crippen molar-refractivity contribution in [2.45, 2.75) is 18.2 Å². The fourth-order valence-corrected chi connectivity index (χ4v) is 5.25. The van der Waals surface area contributed by atoms with E-state index in [1.807, 2.05) is 54.6 Å². The van der Waals surface area contributed by atoms with Crippen molar-refractivity contribution in [1.82, 2.24) is 0 Å². The van der Waals surface area contributed by atoms with E-state index >= 15 is 0 Å². The summed E-state index contributed by atoms with van der Waals surface area (Å²) in [5, 5.41) is 0. The molecule has 1 heterocycles. The van der Waals surface area contributed by atoms with Crippen LogP contribution in [0.1, 0.15) is 11.1 Å². The number of anilines is 2. The summed E-state index contributed by atoms with van der Waals surface area (Å²) in [5.74, 6) is 0.284. The van der Waals surface area contributed by atoms with Gasteiger partial charge in [-0.3, -0.25) is 9.10 Å². The third kappa shape index (κ3) is 4.14. The Balaban J connectivity index is 1.48. The normalized spacial score (nSPS) is 13.0. The van der Waals surface area contributed by atoms with Crippen LogP contribution in [0.4, 0.5) is 11.4 Å². The van der Waals surface area contributed by atoms with Crippen molar-refractivity contribution in [2.75, 3.05) is 29.4 Å². The first kappa shape index (κ1) is 20.9. The molecule has 160 valence electrons. The minimum absolute atomic E-state index is 0.141. The van der Waals surface area contributed by atoms with E-state index in [4.69, 9.17) is 4.74 Å². The lowest BCUT2D eigenvalue weighted by Crippen LogP contribution is -2.31. The smallest absolute Gasteiger partial charge is 0.264 e. The fraction of sp³-hybridized carbons (Fsp3) is 0.208. The maximum Gasteiger partial charge on any atom is 0.264 e. The summed E-state index contributed by atoms with van der Waals surface area (Å²) in [6.45, 7) is 2.06. The summed E-state index contributed by atoms with van der Waals surface area (Å²) in [5.41, 5.74) is 3.20. The summed E-state index contributed by atoms with van der Waals surface area (Å²) in [6, 6.07) is 21.6. The van der Waals surface area contributed by atoms with Gasteiger partial charge in [0.2, 0.25) is 0 Å². The van der Waals surface area contributed by atoms with Crippen LogP contribution < -0.4 is 13.9 Å². The lowest BCUT2D eigenvalue weighted by molar-refractivity contribution is -0.120. The van der Waals surface area contributed by atoms with Crippen molar-refractivity contribution in [3.63, 3.8) is 0 Å². The number of benzene rings is 3. The second kappa shape index (κ2) is 8.43. The number of carbonyl (C=O) groups is 1. The number of hydrogen-bond donors (Lipinski definition) is 0. The van der Waals surface area contributed by atoms with Gasteiger partial charge in [-0.1, -0.05) is 36.4 Å². The summed E-state index contributed by atoms with van der Waals surface area (Å²) in [6.07, 6.45) is 0.701. The van der Waals surface area contributed by atoms with E-state index in [0.29, 0.717) is 24.3 Å². The minimum Gasteiger partial charge on any atom is -0.483 e. The van der Waals surface area contributed by atoms with Gasteiger partial charge in [-0.05, 0) is 60.9 Å². The average molecular weight is 437 g/mol. The number of carbonyl (C=O) groups excluding carboxylic acids is 1. The number of sulfonamides is 1. The van der Waals surface area contributed by atoms with E-state index in [1.54, 1.807) is 26.1 Å². The Hall–Kier alpha value is -3.32. The van der Waals surface area contributed by atoms with Crippen LogP contribution in [0.2, 0.25) is 0 Å². The van der Waals surface area contributed by atoms with Crippen LogP contribution in [0.25, 0.3) is 0 Å². The molecule has 0 spiro atoms. The number of rotatable bonds is 6. The van der Waals surface area contributed by atoms with Crippen molar-refractivity contribution >= 4 is 27.3 Å². The molecule has 3 aromatic carbocycles. The molecule has 6 nitrogen and oxygen atoms in total. The van der Waals surface area contributed by atoms with E-state index in [2.05, 4.69) is 0 Å². The summed E-state index contributed by atoms with van der Waals surface area (Å²) < 4.78 is 33.5. The lowest BCUT2D eigenvalue weighted by atomic mass is 10.2. The molecule has 0 saturated heterocycles. The van der Waals surface area contributed by atoms with Crippen LogP contribution in [0.15, 0.2) is 77.7 Å². The van der Waals surface area contributed by atoms with Crippen LogP contribution in [0.5, 0.6) is 5.75 Å². The van der Waals surface area contributed by atoms with Gasteiger partial charge in [0.05, 0.1) is 10.6 Å².